The van der Waals surface area contributed by atoms with E-state index in [1.54, 1.807) is 18.2 Å². The molecule has 1 N–H and O–H groups in total. The van der Waals surface area contributed by atoms with Gasteiger partial charge in [0.25, 0.3) is 11.7 Å². The smallest absolute Gasteiger partial charge is 0.288 e. The number of aryl methyl sites for hydroxylation is 1. The van der Waals surface area contributed by atoms with Crippen molar-refractivity contribution in [2.24, 2.45) is 0 Å². The first-order valence-electron chi connectivity index (χ1n) is 9.32. The normalized spacial score (nSPS) is 11.5. The first kappa shape index (κ1) is 23.9. The number of aromatic nitrogens is 1. The number of rotatable bonds is 6. The molecule has 1 aromatic heterocycles. The van der Waals surface area contributed by atoms with E-state index in [0.29, 0.717) is 43.6 Å². The maximum absolute atomic E-state index is 12.6. The fourth-order valence-electron chi connectivity index (χ4n) is 3.18. The Balaban J connectivity index is 1.87. The quantitative estimate of drug-likeness (QED) is 0.224. The van der Waals surface area contributed by atoms with Gasteiger partial charge in [0.1, 0.15) is 11.6 Å². The Morgan fingerprint density at radius 3 is 2.47 bits per heavy atom. The van der Waals surface area contributed by atoms with E-state index in [4.69, 9.17) is 23.2 Å². The number of hydrogen-bond acceptors (Lipinski definition) is 3. The number of nitriles is 1. The van der Waals surface area contributed by atoms with Crippen LogP contribution in [0.15, 0.2) is 59.0 Å². The third kappa shape index (κ3) is 5.52. The molecule has 1 heterocycles. The molecule has 0 aliphatic rings. The number of benzene rings is 2. The molecule has 3 aromatic rings. The van der Waals surface area contributed by atoms with E-state index in [0.717, 1.165) is 11.4 Å². The van der Waals surface area contributed by atoms with Gasteiger partial charge in [-0.15, -0.1) is 0 Å². The van der Waals surface area contributed by atoms with E-state index in [2.05, 4.69) is 5.32 Å². The van der Waals surface area contributed by atoms with Crippen LogP contribution in [0.4, 0.5) is 14.5 Å². The number of nitrogens with one attached hydrogen (secondary N) is 1. The highest BCUT2D eigenvalue weighted by atomic mass is 35.5. The van der Waals surface area contributed by atoms with E-state index in [1.165, 1.54) is 30.3 Å². The predicted molar refractivity (Wildman–Crippen MR) is 126 cm³/mol. The molecule has 3 rings (SSSR count). The molecule has 0 saturated carbocycles. The second-order valence-electron chi connectivity index (χ2n) is 6.78. The van der Waals surface area contributed by atoms with Gasteiger partial charge >= 0.3 is 0 Å². The Labute approximate surface area is 198 Å². The molecule has 0 radical (unpaired) electrons. The summed E-state index contributed by atoms with van der Waals surface area (Å²) in [5.41, 5.74) is 3.29. The largest absolute Gasteiger partial charge is 0.321 e. The van der Waals surface area contributed by atoms with Gasteiger partial charge in [-0.05, 0) is 74.0 Å². The number of anilines is 1. The van der Waals surface area contributed by atoms with Gasteiger partial charge in [-0.1, -0.05) is 35.0 Å². The molecule has 2 aromatic carbocycles. The lowest BCUT2D eigenvalue weighted by atomic mass is 10.1. The number of carbonyl (C=O) groups is 1. The van der Waals surface area contributed by atoms with E-state index in [1.807, 2.05) is 30.6 Å². The minimum atomic E-state index is -2.52. The van der Waals surface area contributed by atoms with Crippen LogP contribution in [0.2, 0.25) is 10.0 Å². The van der Waals surface area contributed by atoms with Crippen molar-refractivity contribution in [3.8, 4) is 11.8 Å². The van der Waals surface area contributed by atoms with Crippen LogP contribution in [0, 0.1) is 25.2 Å². The predicted octanol–water partition coefficient (Wildman–Crippen LogP) is 7.26. The van der Waals surface area contributed by atoms with Gasteiger partial charge in [-0.2, -0.15) is 14.0 Å². The van der Waals surface area contributed by atoms with Crippen molar-refractivity contribution in [1.29, 1.82) is 5.26 Å². The highest BCUT2D eigenvalue weighted by Crippen LogP contribution is 2.30. The molecule has 0 spiro atoms. The number of carbonyl (C=O) groups excluding carboxylic acids is 1. The van der Waals surface area contributed by atoms with Crippen LogP contribution in [-0.4, -0.2) is 16.2 Å². The first-order valence-corrected chi connectivity index (χ1v) is 11.0. The number of amides is 1. The molecule has 0 unspecified atom stereocenters. The summed E-state index contributed by atoms with van der Waals surface area (Å²) < 4.78 is 26.8. The summed E-state index contributed by atoms with van der Waals surface area (Å²) in [7, 11) is 0. The molecule has 32 heavy (non-hydrogen) atoms. The number of nitrogens with zero attached hydrogens (tertiary/aromatic N) is 2. The van der Waals surface area contributed by atoms with Crippen molar-refractivity contribution in [3.05, 3.63) is 81.1 Å². The summed E-state index contributed by atoms with van der Waals surface area (Å²) >= 11 is 12.9. The monoisotopic (exact) mass is 491 g/mol. The number of thioether (sulfide) groups is 1. The molecule has 1 amide bonds. The lowest BCUT2D eigenvalue weighted by Crippen LogP contribution is -2.13. The standard InChI is InChI=1S/C23H17Cl2F2N3OS/c1-13-9-15(14(2)30(13)21-11-17(24)3-8-20(21)25)10-16(12-28)22(31)29-18-4-6-19(7-5-18)32-23(26)27/h3-11,23H,1-2H3,(H,29,31)/b16-10+. The number of halogens is 4. The van der Waals surface area contributed by atoms with Crippen LogP contribution in [0.25, 0.3) is 11.8 Å². The Kier molecular flexibility index (Phi) is 7.62. The van der Waals surface area contributed by atoms with E-state index in [9.17, 15) is 18.8 Å². The van der Waals surface area contributed by atoms with Gasteiger partial charge in [0, 0.05) is 27.0 Å². The van der Waals surface area contributed by atoms with Gasteiger partial charge < -0.3 is 9.88 Å². The zero-order valence-electron chi connectivity index (χ0n) is 17.0. The summed E-state index contributed by atoms with van der Waals surface area (Å²) in [4.78, 5) is 13.0. The fourth-order valence-corrected chi connectivity index (χ4v) is 4.05. The van der Waals surface area contributed by atoms with Crippen molar-refractivity contribution < 1.29 is 13.6 Å². The van der Waals surface area contributed by atoms with Crippen molar-refractivity contribution in [2.45, 2.75) is 24.5 Å². The highest BCUT2D eigenvalue weighted by Gasteiger charge is 2.16. The van der Waals surface area contributed by atoms with E-state index >= 15 is 0 Å². The highest BCUT2D eigenvalue weighted by molar-refractivity contribution is 7.99. The van der Waals surface area contributed by atoms with E-state index < -0.39 is 11.7 Å². The van der Waals surface area contributed by atoms with Crippen LogP contribution < -0.4 is 5.32 Å². The lowest BCUT2D eigenvalue weighted by molar-refractivity contribution is -0.112. The van der Waals surface area contributed by atoms with Gasteiger partial charge in [0.15, 0.2) is 0 Å². The number of alkyl halides is 2. The Bertz CT molecular complexity index is 1230. The average Bonchev–Trinajstić information content (AvgIpc) is 3.01. The summed E-state index contributed by atoms with van der Waals surface area (Å²) in [6, 6.07) is 14.9. The molecule has 0 atom stereocenters. The molecule has 4 nitrogen and oxygen atoms in total. The van der Waals surface area contributed by atoms with Crippen molar-refractivity contribution >= 4 is 52.6 Å². The van der Waals surface area contributed by atoms with Crippen LogP contribution >= 0.6 is 35.0 Å². The average molecular weight is 492 g/mol. The molecule has 0 aliphatic heterocycles. The van der Waals surface area contributed by atoms with Gasteiger partial charge in [0.2, 0.25) is 0 Å². The second-order valence-corrected chi connectivity index (χ2v) is 8.69. The minimum Gasteiger partial charge on any atom is -0.321 e. The van der Waals surface area contributed by atoms with Crippen molar-refractivity contribution in [1.82, 2.24) is 4.57 Å². The van der Waals surface area contributed by atoms with Crippen LogP contribution in [0.5, 0.6) is 0 Å². The van der Waals surface area contributed by atoms with Gasteiger partial charge in [0.05, 0.1) is 10.7 Å². The zero-order valence-corrected chi connectivity index (χ0v) is 19.3. The van der Waals surface area contributed by atoms with Gasteiger partial charge in [-0.25, -0.2) is 0 Å². The fraction of sp³-hybridized carbons (Fsp3) is 0.130. The van der Waals surface area contributed by atoms with Crippen molar-refractivity contribution in [2.75, 3.05) is 5.32 Å². The lowest BCUT2D eigenvalue weighted by Gasteiger charge is -2.12. The topological polar surface area (TPSA) is 57.8 Å². The summed E-state index contributed by atoms with van der Waals surface area (Å²) in [6.45, 7) is 3.73. The van der Waals surface area contributed by atoms with Crippen molar-refractivity contribution in [3.63, 3.8) is 0 Å². The molecule has 9 heteroatoms. The van der Waals surface area contributed by atoms with Crippen LogP contribution in [0.1, 0.15) is 17.0 Å². The molecule has 164 valence electrons. The Morgan fingerprint density at radius 2 is 1.84 bits per heavy atom. The maximum atomic E-state index is 12.6. The zero-order chi connectivity index (χ0) is 23.4. The first-order chi connectivity index (χ1) is 15.2. The molecular weight excluding hydrogens is 475 g/mol. The number of hydrogen-bond donors (Lipinski definition) is 1. The Hall–Kier alpha value is -2.79. The summed E-state index contributed by atoms with van der Waals surface area (Å²) in [5.74, 6) is -3.13. The molecule has 0 saturated heterocycles. The molecular formula is C23H17Cl2F2N3OS. The SMILES string of the molecule is Cc1cc(/C=C(\C#N)C(=O)Nc2ccc(SC(F)F)cc2)c(C)n1-c1cc(Cl)ccc1Cl. The second kappa shape index (κ2) is 10.2. The van der Waals surface area contributed by atoms with E-state index in [-0.39, 0.29) is 5.57 Å². The summed E-state index contributed by atoms with van der Waals surface area (Å²) in [6.07, 6.45) is 1.49. The van der Waals surface area contributed by atoms with Crippen LogP contribution in [-0.2, 0) is 4.79 Å². The minimum absolute atomic E-state index is 0.103. The third-order valence-corrected chi connectivity index (χ3v) is 5.90. The Morgan fingerprint density at radius 1 is 1.16 bits per heavy atom. The summed E-state index contributed by atoms with van der Waals surface area (Å²) in [5, 5.41) is 13.2. The maximum Gasteiger partial charge on any atom is 0.288 e. The molecule has 0 aliphatic carbocycles. The molecule has 0 bridgehead atoms. The third-order valence-electron chi connectivity index (χ3n) is 4.62. The van der Waals surface area contributed by atoms with Gasteiger partial charge in [-0.3, -0.25) is 4.79 Å². The molecule has 0 fully saturated rings. The van der Waals surface area contributed by atoms with Crippen LogP contribution in [0.3, 0.4) is 0 Å².